The summed E-state index contributed by atoms with van der Waals surface area (Å²) >= 11 is 0. The minimum atomic E-state index is -1.59. The summed E-state index contributed by atoms with van der Waals surface area (Å²) in [6.07, 6.45) is 3.11. The molecule has 7 nitrogen and oxygen atoms in total. The smallest absolute Gasteiger partial charge is 0.225 e. The topological polar surface area (TPSA) is 95.0 Å². The number of nitrogens with one attached hydrogen (secondary N) is 3. The van der Waals surface area contributed by atoms with E-state index in [9.17, 15) is 22.7 Å². The quantitative estimate of drug-likeness (QED) is 0.271. The lowest BCUT2D eigenvalue weighted by atomic mass is 10.2. The molecule has 2 aromatic heterocycles. The normalized spacial score (nSPS) is 11.8. The van der Waals surface area contributed by atoms with Gasteiger partial charge in [-0.2, -0.15) is 4.98 Å². The number of rotatable bonds is 7. The number of aromatic nitrogens is 3. The van der Waals surface area contributed by atoms with Gasteiger partial charge >= 0.3 is 0 Å². The molecule has 0 unspecified atom stereocenters. The van der Waals surface area contributed by atoms with Crippen molar-refractivity contribution in [1.82, 2.24) is 15.0 Å². The van der Waals surface area contributed by atoms with Gasteiger partial charge in [0, 0.05) is 36.1 Å². The molecule has 152 valence electrons. The van der Waals surface area contributed by atoms with Gasteiger partial charge in [0.1, 0.15) is 5.69 Å². The Balaban J connectivity index is 1.93. The van der Waals surface area contributed by atoms with Crippen LogP contribution < -0.4 is 16.2 Å². The number of nitrogens with zero attached hydrogens (tertiary/aromatic N) is 3. The van der Waals surface area contributed by atoms with E-state index in [-0.39, 0.29) is 30.5 Å². The van der Waals surface area contributed by atoms with E-state index >= 15 is 0 Å². The van der Waals surface area contributed by atoms with Gasteiger partial charge in [-0.15, -0.1) is 0 Å². The summed E-state index contributed by atoms with van der Waals surface area (Å²) in [4.78, 5) is 12.4. The number of aliphatic hydroxyl groups is 1. The summed E-state index contributed by atoms with van der Waals surface area (Å²) < 4.78 is 54.4. The van der Waals surface area contributed by atoms with Gasteiger partial charge in [0.25, 0.3) is 0 Å². The van der Waals surface area contributed by atoms with Crippen molar-refractivity contribution in [3.63, 3.8) is 0 Å². The number of hydrazine groups is 1. The van der Waals surface area contributed by atoms with Crippen molar-refractivity contribution in [2.75, 3.05) is 22.8 Å². The van der Waals surface area contributed by atoms with Crippen LogP contribution in [0.3, 0.4) is 0 Å². The highest BCUT2D eigenvalue weighted by atomic mass is 19.2. The summed E-state index contributed by atoms with van der Waals surface area (Å²) in [5.41, 5.74) is 4.47. The number of halogens is 4. The summed E-state index contributed by atoms with van der Waals surface area (Å²) in [5, 5.41) is 12.1. The van der Waals surface area contributed by atoms with Gasteiger partial charge in [-0.25, -0.2) is 22.5 Å². The first-order valence-electron chi connectivity index (χ1n) is 8.41. The van der Waals surface area contributed by atoms with Gasteiger partial charge in [0.2, 0.25) is 5.95 Å². The molecule has 0 aliphatic heterocycles. The van der Waals surface area contributed by atoms with Crippen molar-refractivity contribution < 1.29 is 22.7 Å². The predicted octanol–water partition coefficient (Wildman–Crippen LogP) is 3.33. The van der Waals surface area contributed by atoms with E-state index in [0.29, 0.717) is 11.3 Å². The van der Waals surface area contributed by atoms with Crippen LogP contribution in [0.2, 0.25) is 0 Å². The van der Waals surface area contributed by atoms with Crippen molar-refractivity contribution in [2.45, 2.75) is 13.0 Å². The van der Waals surface area contributed by atoms with Crippen LogP contribution in [0.25, 0.3) is 11.3 Å². The fraction of sp³-hybridized carbons (Fsp3) is 0.167. The molecule has 29 heavy (non-hydrogen) atoms. The highest BCUT2D eigenvalue weighted by Gasteiger charge is 2.19. The van der Waals surface area contributed by atoms with Crippen LogP contribution in [0.15, 0.2) is 36.7 Å². The maximum atomic E-state index is 13.8. The molecule has 2 heterocycles. The molecule has 3 aromatic rings. The standard InChI is InChI=1S/C18H16F4N6O/c1-9(8-29)24-18-25-13(10-3-2-4-23-7-10)6-14(26-18)27-28-17-15(21)11(19)5-12(20)16(17)22/h2-7,9,28-29H,8H2,1H3,(H2,24,25,26,27)/t9-/m1/s1. The lowest BCUT2D eigenvalue weighted by Gasteiger charge is -2.15. The molecule has 11 heteroatoms. The van der Waals surface area contributed by atoms with Crippen LogP contribution in [0.1, 0.15) is 6.92 Å². The van der Waals surface area contributed by atoms with Crippen LogP contribution in [0.4, 0.5) is 35.0 Å². The Labute approximate surface area is 162 Å². The van der Waals surface area contributed by atoms with Crippen molar-refractivity contribution in [3.8, 4) is 11.3 Å². The molecular formula is C18H16F4N6O. The molecular weight excluding hydrogens is 392 g/mol. The zero-order valence-corrected chi connectivity index (χ0v) is 15.0. The van der Waals surface area contributed by atoms with Gasteiger partial charge in [-0.05, 0) is 19.1 Å². The first kappa shape index (κ1) is 20.3. The zero-order chi connectivity index (χ0) is 21.0. The predicted molar refractivity (Wildman–Crippen MR) is 99.0 cm³/mol. The van der Waals surface area contributed by atoms with E-state index in [2.05, 4.69) is 31.1 Å². The minimum Gasteiger partial charge on any atom is -0.394 e. The zero-order valence-electron chi connectivity index (χ0n) is 15.0. The van der Waals surface area contributed by atoms with E-state index < -0.39 is 29.0 Å². The largest absolute Gasteiger partial charge is 0.394 e. The second-order valence-corrected chi connectivity index (χ2v) is 6.02. The maximum Gasteiger partial charge on any atom is 0.225 e. The lowest BCUT2D eigenvalue weighted by molar-refractivity contribution is 0.281. The lowest BCUT2D eigenvalue weighted by Crippen LogP contribution is -2.22. The van der Waals surface area contributed by atoms with Crippen molar-refractivity contribution >= 4 is 17.5 Å². The number of aliphatic hydroxyl groups excluding tert-OH is 1. The van der Waals surface area contributed by atoms with Crippen LogP contribution in [0, 0.1) is 23.3 Å². The Kier molecular flexibility index (Phi) is 6.07. The molecule has 0 amide bonds. The van der Waals surface area contributed by atoms with Crippen molar-refractivity contribution in [3.05, 3.63) is 59.9 Å². The summed E-state index contributed by atoms with van der Waals surface area (Å²) in [6.45, 7) is 1.49. The van der Waals surface area contributed by atoms with Crippen LogP contribution in [0.5, 0.6) is 0 Å². The number of benzene rings is 1. The second-order valence-electron chi connectivity index (χ2n) is 6.02. The van der Waals surface area contributed by atoms with E-state index in [1.54, 1.807) is 31.5 Å². The number of pyridine rings is 1. The van der Waals surface area contributed by atoms with E-state index in [1.165, 1.54) is 6.07 Å². The number of anilines is 3. The average molecular weight is 408 g/mol. The van der Waals surface area contributed by atoms with Crippen LogP contribution in [-0.2, 0) is 0 Å². The molecule has 4 N–H and O–H groups in total. The average Bonchev–Trinajstić information content (AvgIpc) is 2.72. The maximum absolute atomic E-state index is 13.8. The third-order valence-corrected chi connectivity index (χ3v) is 3.76. The van der Waals surface area contributed by atoms with E-state index in [1.807, 2.05) is 0 Å². The van der Waals surface area contributed by atoms with Gasteiger partial charge in [-0.3, -0.25) is 15.8 Å². The van der Waals surface area contributed by atoms with Crippen molar-refractivity contribution in [1.29, 1.82) is 0 Å². The molecule has 1 aromatic carbocycles. The minimum absolute atomic E-state index is 0.0370. The monoisotopic (exact) mass is 408 g/mol. The highest BCUT2D eigenvalue weighted by Crippen LogP contribution is 2.25. The SMILES string of the molecule is C[C@H](CO)Nc1nc(NNc2c(F)c(F)cc(F)c2F)cc(-c2cccnc2)n1. The molecule has 0 aliphatic rings. The molecule has 0 bridgehead atoms. The molecule has 3 rings (SSSR count). The fourth-order valence-corrected chi connectivity index (χ4v) is 2.31. The molecule has 0 aliphatic carbocycles. The highest BCUT2D eigenvalue weighted by molar-refractivity contribution is 5.64. The van der Waals surface area contributed by atoms with Gasteiger partial charge in [0.05, 0.1) is 12.3 Å². The fourth-order valence-electron chi connectivity index (χ4n) is 2.31. The first-order valence-corrected chi connectivity index (χ1v) is 8.41. The summed E-state index contributed by atoms with van der Waals surface area (Å²) in [6, 6.07) is 4.58. The summed E-state index contributed by atoms with van der Waals surface area (Å²) in [5.74, 6) is -6.15. The Bertz CT molecular complexity index is 979. The Morgan fingerprint density at radius 1 is 1.03 bits per heavy atom. The van der Waals surface area contributed by atoms with Gasteiger partial charge in [0.15, 0.2) is 29.1 Å². The van der Waals surface area contributed by atoms with Crippen LogP contribution >= 0.6 is 0 Å². The molecule has 0 radical (unpaired) electrons. The van der Waals surface area contributed by atoms with Crippen LogP contribution in [-0.4, -0.2) is 32.7 Å². The van der Waals surface area contributed by atoms with Gasteiger partial charge < -0.3 is 10.4 Å². The Morgan fingerprint density at radius 2 is 1.76 bits per heavy atom. The summed E-state index contributed by atoms with van der Waals surface area (Å²) in [7, 11) is 0. The Hall–Kier alpha value is -3.47. The van der Waals surface area contributed by atoms with Crippen molar-refractivity contribution in [2.24, 2.45) is 0 Å². The molecule has 1 atom stereocenters. The third-order valence-electron chi connectivity index (χ3n) is 3.76. The number of hydrogen-bond donors (Lipinski definition) is 4. The molecule has 0 saturated carbocycles. The first-order chi connectivity index (χ1) is 13.9. The third kappa shape index (κ3) is 4.69. The molecule has 0 fully saturated rings. The Morgan fingerprint density at radius 3 is 2.38 bits per heavy atom. The number of hydrogen-bond acceptors (Lipinski definition) is 7. The van der Waals surface area contributed by atoms with E-state index in [0.717, 1.165) is 0 Å². The molecule has 0 saturated heterocycles. The van der Waals surface area contributed by atoms with Gasteiger partial charge in [-0.1, -0.05) is 0 Å². The molecule has 0 spiro atoms. The van der Waals surface area contributed by atoms with E-state index in [4.69, 9.17) is 0 Å². The second kappa shape index (κ2) is 8.69.